The van der Waals surface area contributed by atoms with Gasteiger partial charge in [-0.15, -0.1) is 16.9 Å². The summed E-state index contributed by atoms with van der Waals surface area (Å²) < 4.78 is 18.5. The monoisotopic (exact) mass is 453 g/mol. The third-order valence-electron chi connectivity index (χ3n) is 4.62. The Hall–Kier alpha value is -2.37. The van der Waals surface area contributed by atoms with Crippen LogP contribution >= 0.6 is 22.9 Å². The van der Waals surface area contributed by atoms with E-state index >= 15 is 0 Å². The predicted molar refractivity (Wildman–Crippen MR) is 112 cm³/mol. The lowest BCUT2D eigenvalue weighted by molar-refractivity contribution is -0.136. The summed E-state index contributed by atoms with van der Waals surface area (Å²) in [4.78, 5) is 27.8. The SMILES string of the molecule is COC(=O)C1=C2CCCN2C(c2nccs2)=NC1c1ccc(F)cc1Cl.CONN. The number of allylic oxidation sites excluding steroid dienone is 1. The van der Waals surface area contributed by atoms with E-state index < -0.39 is 17.8 Å². The van der Waals surface area contributed by atoms with Gasteiger partial charge in [0.1, 0.15) is 11.9 Å². The van der Waals surface area contributed by atoms with Gasteiger partial charge in [0.15, 0.2) is 10.8 Å². The Labute approximate surface area is 182 Å². The van der Waals surface area contributed by atoms with Crippen LogP contribution in [0.15, 0.2) is 46.0 Å². The quantitative estimate of drug-likeness (QED) is 0.417. The van der Waals surface area contributed by atoms with E-state index in [2.05, 4.69) is 15.7 Å². The zero-order valence-corrected chi connectivity index (χ0v) is 18.0. The Bertz CT molecular complexity index is 965. The van der Waals surface area contributed by atoms with Crippen LogP contribution in [0.1, 0.15) is 29.5 Å². The van der Waals surface area contributed by atoms with Gasteiger partial charge >= 0.3 is 5.97 Å². The molecule has 0 bridgehead atoms. The summed E-state index contributed by atoms with van der Waals surface area (Å²) in [6, 6.07) is 3.47. The first-order valence-electron chi connectivity index (χ1n) is 9.01. The molecule has 160 valence electrons. The van der Waals surface area contributed by atoms with Gasteiger partial charge in [-0.3, -0.25) is 9.83 Å². The van der Waals surface area contributed by atoms with Crippen molar-refractivity contribution < 1.29 is 18.8 Å². The number of esters is 1. The van der Waals surface area contributed by atoms with Crippen molar-refractivity contribution in [2.45, 2.75) is 18.9 Å². The van der Waals surface area contributed by atoms with Crippen LogP contribution in [0.3, 0.4) is 0 Å². The van der Waals surface area contributed by atoms with Gasteiger partial charge in [-0.1, -0.05) is 17.7 Å². The lowest BCUT2D eigenvalue weighted by Gasteiger charge is -2.31. The van der Waals surface area contributed by atoms with Crippen LogP contribution in [0.5, 0.6) is 0 Å². The van der Waals surface area contributed by atoms with Crippen molar-refractivity contribution in [3.05, 3.63) is 62.5 Å². The number of fused-ring (bicyclic) bond motifs is 1. The van der Waals surface area contributed by atoms with Gasteiger partial charge in [0.2, 0.25) is 0 Å². The number of carbonyl (C=O) groups is 1. The van der Waals surface area contributed by atoms with Crippen molar-refractivity contribution in [1.82, 2.24) is 15.5 Å². The van der Waals surface area contributed by atoms with Crippen molar-refractivity contribution in [3.63, 3.8) is 0 Å². The van der Waals surface area contributed by atoms with E-state index in [0.717, 1.165) is 30.1 Å². The second-order valence-corrected chi connectivity index (χ2v) is 7.59. The van der Waals surface area contributed by atoms with Crippen molar-refractivity contribution in [3.8, 4) is 0 Å². The molecule has 2 aliphatic rings. The molecule has 1 atom stereocenters. The zero-order valence-electron chi connectivity index (χ0n) is 16.4. The number of ether oxygens (including phenoxy) is 1. The number of hydrogen-bond donors (Lipinski definition) is 2. The first kappa shape index (κ1) is 22.3. The average Bonchev–Trinajstić information content (AvgIpc) is 3.44. The fourth-order valence-electron chi connectivity index (χ4n) is 3.39. The molecule has 1 aromatic heterocycles. The number of nitrogens with one attached hydrogen (secondary N) is 1. The van der Waals surface area contributed by atoms with Gasteiger partial charge < -0.3 is 9.64 Å². The van der Waals surface area contributed by atoms with Crippen LogP contribution in [-0.4, -0.2) is 42.5 Å². The number of nitrogens with two attached hydrogens (primary N) is 1. The van der Waals surface area contributed by atoms with E-state index in [-0.39, 0.29) is 5.02 Å². The van der Waals surface area contributed by atoms with Crippen LogP contribution in [0.2, 0.25) is 5.02 Å². The number of rotatable bonds is 4. The van der Waals surface area contributed by atoms with Crippen LogP contribution in [0, 0.1) is 5.82 Å². The van der Waals surface area contributed by atoms with Crippen molar-refractivity contribution in [1.29, 1.82) is 0 Å². The van der Waals surface area contributed by atoms with Gasteiger partial charge in [-0.2, -0.15) is 0 Å². The number of aromatic nitrogens is 1. The zero-order chi connectivity index (χ0) is 21.7. The van der Waals surface area contributed by atoms with E-state index in [1.54, 1.807) is 12.3 Å². The minimum atomic E-state index is -0.654. The molecule has 1 saturated heterocycles. The molecule has 1 fully saturated rings. The Morgan fingerprint density at radius 1 is 1.43 bits per heavy atom. The smallest absolute Gasteiger partial charge is 0.338 e. The summed E-state index contributed by atoms with van der Waals surface area (Å²) >= 11 is 7.76. The molecule has 3 N–H and O–H groups in total. The molecular formula is C19H21ClFN5O3S. The Balaban J connectivity index is 0.000000589. The number of aliphatic imine (C=N–C) groups is 1. The van der Waals surface area contributed by atoms with Crippen molar-refractivity contribution in [2.75, 3.05) is 20.8 Å². The predicted octanol–water partition coefficient (Wildman–Crippen LogP) is 2.97. The molecule has 0 spiro atoms. The number of benzene rings is 1. The number of amidine groups is 1. The molecule has 1 unspecified atom stereocenters. The molecule has 0 amide bonds. The van der Waals surface area contributed by atoms with E-state index in [4.69, 9.17) is 21.3 Å². The Morgan fingerprint density at radius 3 is 2.80 bits per heavy atom. The van der Waals surface area contributed by atoms with Gasteiger partial charge in [-0.05, 0) is 25.0 Å². The molecule has 8 nitrogen and oxygen atoms in total. The first-order chi connectivity index (χ1) is 14.5. The van der Waals surface area contributed by atoms with Crippen molar-refractivity contribution >= 4 is 34.7 Å². The topological polar surface area (TPSA) is 102 Å². The minimum Gasteiger partial charge on any atom is -0.466 e. The largest absolute Gasteiger partial charge is 0.466 e. The normalized spacial score (nSPS) is 17.8. The second-order valence-electron chi connectivity index (χ2n) is 6.29. The fourth-order valence-corrected chi connectivity index (χ4v) is 4.31. The van der Waals surface area contributed by atoms with E-state index in [0.29, 0.717) is 17.0 Å². The van der Waals surface area contributed by atoms with Gasteiger partial charge in [0, 0.05) is 34.4 Å². The number of methoxy groups -OCH3 is 1. The molecule has 4 rings (SSSR count). The number of hydrogen-bond acceptors (Lipinski definition) is 9. The average molecular weight is 454 g/mol. The van der Waals surface area contributed by atoms with Crippen molar-refractivity contribution in [2.24, 2.45) is 10.8 Å². The number of carbonyl (C=O) groups excluding carboxylic acids is 1. The highest BCUT2D eigenvalue weighted by molar-refractivity contribution is 7.11. The number of hydrazine groups is 1. The summed E-state index contributed by atoms with van der Waals surface area (Å²) in [5, 5.41) is 2.88. The molecular weight excluding hydrogens is 433 g/mol. The van der Waals surface area contributed by atoms with Crippen LogP contribution in [-0.2, 0) is 14.4 Å². The maximum absolute atomic E-state index is 13.5. The second kappa shape index (κ2) is 10.1. The maximum Gasteiger partial charge on any atom is 0.338 e. The number of thiazole rings is 1. The molecule has 1 aromatic carbocycles. The van der Waals surface area contributed by atoms with E-state index in [1.807, 2.05) is 15.9 Å². The molecule has 2 aliphatic heterocycles. The number of halogens is 2. The number of nitrogens with zero attached hydrogens (tertiary/aromatic N) is 3. The van der Waals surface area contributed by atoms with Gasteiger partial charge in [0.25, 0.3) is 0 Å². The van der Waals surface area contributed by atoms with E-state index in [9.17, 15) is 9.18 Å². The highest BCUT2D eigenvalue weighted by Crippen LogP contribution is 2.42. The highest BCUT2D eigenvalue weighted by atomic mass is 35.5. The van der Waals surface area contributed by atoms with Crippen LogP contribution in [0.4, 0.5) is 4.39 Å². The molecule has 2 aromatic rings. The molecule has 0 radical (unpaired) electrons. The lowest BCUT2D eigenvalue weighted by atomic mass is 9.94. The Kier molecular flexibility index (Phi) is 7.51. The van der Waals surface area contributed by atoms with E-state index in [1.165, 1.54) is 37.7 Å². The third-order valence-corrected chi connectivity index (χ3v) is 5.71. The third kappa shape index (κ3) is 4.52. The molecule has 0 saturated carbocycles. The summed E-state index contributed by atoms with van der Waals surface area (Å²) in [5.41, 5.74) is 3.84. The Morgan fingerprint density at radius 2 is 2.20 bits per heavy atom. The maximum atomic E-state index is 13.5. The molecule has 0 aliphatic carbocycles. The fraction of sp³-hybridized carbons (Fsp3) is 0.316. The van der Waals surface area contributed by atoms with Crippen LogP contribution < -0.4 is 11.4 Å². The lowest BCUT2D eigenvalue weighted by Crippen LogP contribution is -2.35. The first-order valence-corrected chi connectivity index (χ1v) is 10.3. The van der Waals surface area contributed by atoms with Gasteiger partial charge in [0.05, 0.1) is 19.8 Å². The summed E-state index contributed by atoms with van der Waals surface area (Å²) in [6.45, 7) is 0.762. The minimum absolute atomic E-state index is 0.227. The molecule has 30 heavy (non-hydrogen) atoms. The summed E-state index contributed by atoms with van der Waals surface area (Å²) in [7, 11) is 2.79. The summed E-state index contributed by atoms with van der Waals surface area (Å²) in [6.07, 6.45) is 3.37. The highest BCUT2D eigenvalue weighted by Gasteiger charge is 2.39. The molecule has 11 heteroatoms. The van der Waals surface area contributed by atoms with Gasteiger partial charge in [-0.25, -0.2) is 20.0 Å². The summed E-state index contributed by atoms with van der Waals surface area (Å²) in [5.74, 6) is 4.39. The van der Waals surface area contributed by atoms with Crippen LogP contribution in [0.25, 0.3) is 0 Å². The standard InChI is InChI=1S/C18H15ClFN3O2S.CH6N2O/c1-25-18(24)14-13-3-2-7-23(13)16(17-21-6-8-26-17)22-15(14)11-5-4-10(20)9-12(11)19;1-4-3-2/h4-6,8-9,15H,2-3,7H2,1H3;3H,2H2,1H3. The molecule has 3 heterocycles.